The van der Waals surface area contributed by atoms with Gasteiger partial charge in [-0.25, -0.2) is 4.98 Å². The normalized spacial score (nSPS) is 10.6. The highest BCUT2D eigenvalue weighted by atomic mass is 19.1. The summed E-state index contributed by atoms with van der Waals surface area (Å²) in [5.74, 6) is -0.408. The summed E-state index contributed by atoms with van der Waals surface area (Å²) in [6, 6.07) is 5.85. The zero-order valence-electron chi connectivity index (χ0n) is 9.97. The Morgan fingerprint density at radius 3 is 2.59 bits per heavy atom. The summed E-state index contributed by atoms with van der Waals surface area (Å²) in [5.41, 5.74) is 2.27. The average Bonchev–Trinajstić information content (AvgIpc) is 2.28. The number of benzene rings is 1. The Labute approximate surface area is 98.3 Å². The highest BCUT2D eigenvalue weighted by Crippen LogP contribution is 2.20. The van der Waals surface area contributed by atoms with Crippen molar-refractivity contribution < 1.29 is 4.39 Å². The molecule has 0 saturated heterocycles. The SMILES string of the molecule is Cc1ccc(C)c(-c2nc(C)c(F)c(=O)[nH]2)c1. The maximum atomic E-state index is 13.2. The van der Waals surface area contributed by atoms with Crippen molar-refractivity contribution in [2.45, 2.75) is 20.8 Å². The van der Waals surface area contributed by atoms with Crippen LogP contribution in [0.3, 0.4) is 0 Å². The Morgan fingerprint density at radius 2 is 1.94 bits per heavy atom. The third kappa shape index (κ3) is 2.11. The molecular weight excluding hydrogens is 219 g/mol. The largest absolute Gasteiger partial charge is 0.304 e. The van der Waals surface area contributed by atoms with Crippen molar-refractivity contribution in [3.05, 3.63) is 51.2 Å². The molecule has 1 heterocycles. The van der Waals surface area contributed by atoms with Crippen molar-refractivity contribution in [1.82, 2.24) is 9.97 Å². The van der Waals surface area contributed by atoms with Gasteiger partial charge in [0.1, 0.15) is 5.82 Å². The molecule has 0 aliphatic rings. The molecule has 2 rings (SSSR count). The zero-order chi connectivity index (χ0) is 12.6. The van der Waals surface area contributed by atoms with Gasteiger partial charge in [-0.1, -0.05) is 17.7 Å². The van der Waals surface area contributed by atoms with E-state index in [9.17, 15) is 9.18 Å². The van der Waals surface area contributed by atoms with Crippen LogP contribution in [0.2, 0.25) is 0 Å². The van der Waals surface area contributed by atoms with Gasteiger partial charge in [0, 0.05) is 5.56 Å². The Morgan fingerprint density at radius 1 is 1.24 bits per heavy atom. The average molecular weight is 232 g/mol. The summed E-state index contributed by atoms with van der Waals surface area (Å²) in [6.45, 7) is 5.37. The first kappa shape index (κ1) is 11.5. The number of hydrogen-bond donors (Lipinski definition) is 1. The summed E-state index contributed by atoms with van der Waals surface area (Å²) in [7, 11) is 0. The number of rotatable bonds is 1. The third-order valence-electron chi connectivity index (χ3n) is 2.68. The maximum absolute atomic E-state index is 13.2. The summed E-state index contributed by atoms with van der Waals surface area (Å²) in [6.07, 6.45) is 0. The molecule has 4 heteroatoms. The fourth-order valence-corrected chi connectivity index (χ4v) is 1.69. The van der Waals surface area contributed by atoms with Crippen LogP contribution in [-0.4, -0.2) is 9.97 Å². The molecule has 1 aromatic heterocycles. The zero-order valence-corrected chi connectivity index (χ0v) is 9.97. The van der Waals surface area contributed by atoms with Gasteiger partial charge in [0.15, 0.2) is 0 Å². The van der Waals surface area contributed by atoms with Crippen LogP contribution in [0, 0.1) is 26.6 Å². The number of H-pyrrole nitrogens is 1. The van der Waals surface area contributed by atoms with Crippen molar-refractivity contribution in [3.63, 3.8) is 0 Å². The lowest BCUT2D eigenvalue weighted by Gasteiger charge is -2.07. The molecule has 0 radical (unpaired) electrons. The van der Waals surface area contributed by atoms with Gasteiger partial charge in [0.2, 0.25) is 5.82 Å². The van der Waals surface area contributed by atoms with E-state index in [0.29, 0.717) is 5.82 Å². The molecule has 0 unspecified atom stereocenters. The number of hydrogen-bond acceptors (Lipinski definition) is 2. The molecular formula is C13H13FN2O. The van der Waals surface area contributed by atoms with Gasteiger partial charge in [-0.15, -0.1) is 0 Å². The van der Waals surface area contributed by atoms with Gasteiger partial charge in [-0.05, 0) is 32.4 Å². The Balaban J connectivity index is 2.69. The van der Waals surface area contributed by atoms with Crippen LogP contribution in [-0.2, 0) is 0 Å². The monoisotopic (exact) mass is 232 g/mol. The first-order chi connectivity index (χ1) is 7.99. The Bertz CT molecular complexity index is 632. The molecule has 0 aliphatic carbocycles. The minimum absolute atomic E-state index is 0.115. The molecule has 2 aromatic rings. The van der Waals surface area contributed by atoms with Crippen molar-refractivity contribution in [1.29, 1.82) is 0 Å². The van der Waals surface area contributed by atoms with Crippen molar-refractivity contribution in [2.75, 3.05) is 0 Å². The molecule has 0 bridgehead atoms. The number of nitrogens with zero attached hydrogens (tertiary/aromatic N) is 1. The van der Waals surface area contributed by atoms with E-state index in [1.807, 2.05) is 32.0 Å². The minimum atomic E-state index is -0.820. The van der Waals surface area contributed by atoms with Gasteiger partial charge < -0.3 is 4.98 Å². The predicted molar refractivity (Wildman–Crippen MR) is 64.5 cm³/mol. The fourth-order valence-electron chi connectivity index (χ4n) is 1.69. The first-order valence-electron chi connectivity index (χ1n) is 5.33. The van der Waals surface area contributed by atoms with Crippen LogP contribution in [0.15, 0.2) is 23.0 Å². The van der Waals surface area contributed by atoms with Crippen LogP contribution in [0.5, 0.6) is 0 Å². The molecule has 1 N–H and O–H groups in total. The van der Waals surface area contributed by atoms with Crippen LogP contribution in [0.1, 0.15) is 16.8 Å². The Hall–Kier alpha value is -1.97. The summed E-state index contributed by atoms with van der Waals surface area (Å²) in [5, 5.41) is 0. The van der Waals surface area contributed by atoms with E-state index >= 15 is 0 Å². The summed E-state index contributed by atoms with van der Waals surface area (Å²) >= 11 is 0. The quantitative estimate of drug-likeness (QED) is 0.821. The number of aromatic amines is 1. The van der Waals surface area contributed by atoms with E-state index in [-0.39, 0.29) is 5.69 Å². The lowest BCUT2D eigenvalue weighted by atomic mass is 10.1. The fraction of sp³-hybridized carbons (Fsp3) is 0.231. The molecule has 0 fully saturated rings. The molecule has 0 amide bonds. The highest BCUT2D eigenvalue weighted by Gasteiger charge is 2.10. The smallest absolute Gasteiger partial charge is 0.287 e. The van der Waals surface area contributed by atoms with E-state index < -0.39 is 11.4 Å². The predicted octanol–water partition coefficient (Wildman–Crippen LogP) is 2.50. The Kier molecular flexibility index (Phi) is 2.79. The maximum Gasteiger partial charge on any atom is 0.287 e. The van der Waals surface area contributed by atoms with Gasteiger partial charge in [0.05, 0.1) is 5.69 Å². The van der Waals surface area contributed by atoms with E-state index in [1.165, 1.54) is 6.92 Å². The minimum Gasteiger partial charge on any atom is -0.304 e. The second kappa shape index (κ2) is 4.13. The van der Waals surface area contributed by atoms with Crippen LogP contribution in [0.25, 0.3) is 11.4 Å². The van der Waals surface area contributed by atoms with E-state index in [1.54, 1.807) is 0 Å². The molecule has 17 heavy (non-hydrogen) atoms. The lowest BCUT2D eigenvalue weighted by Crippen LogP contribution is -2.15. The van der Waals surface area contributed by atoms with E-state index in [4.69, 9.17) is 0 Å². The second-order valence-electron chi connectivity index (χ2n) is 4.13. The van der Waals surface area contributed by atoms with Gasteiger partial charge in [-0.3, -0.25) is 4.79 Å². The highest BCUT2D eigenvalue weighted by molar-refractivity contribution is 5.60. The molecule has 1 aromatic carbocycles. The number of aromatic nitrogens is 2. The second-order valence-corrected chi connectivity index (χ2v) is 4.13. The summed E-state index contributed by atoms with van der Waals surface area (Å²) < 4.78 is 13.2. The van der Waals surface area contributed by atoms with Crippen LogP contribution >= 0.6 is 0 Å². The molecule has 0 spiro atoms. The van der Waals surface area contributed by atoms with Gasteiger partial charge in [0.25, 0.3) is 5.56 Å². The van der Waals surface area contributed by atoms with Crippen molar-refractivity contribution in [2.24, 2.45) is 0 Å². The molecule has 0 saturated carbocycles. The lowest BCUT2D eigenvalue weighted by molar-refractivity contribution is 0.589. The van der Waals surface area contributed by atoms with Crippen LogP contribution in [0.4, 0.5) is 4.39 Å². The van der Waals surface area contributed by atoms with Crippen molar-refractivity contribution in [3.8, 4) is 11.4 Å². The van der Waals surface area contributed by atoms with Crippen LogP contribution < -0.4 is 5.56 Å². The molecule has 0 aliphatic heterocycles. The van der Waals surface area contributed by atoms with Gasteiger partial charge in [-0.2, -0.15) is 4.39 Å². The van der Waals surface area contributed by atoms with E-state index in [0.717, 1.165) is 16.7 Å². The molecule has 0 atom stereocenters. The standard InChI is InChI=1S/C13H13FN2O/c1-7-4-5-8(2)10(6-7)12-15-9(3)11(14)13(17)16-12/h4-6H,1-3H3,(H,15,16,17). The number of nitrogens with one attached hydrogen (secondary N) is 1. The number of aryl methyl sites for hydroxylation is 3. The van der Waals surface area contributed by atoms with E-state index in [2.05, 4.69) is 9.97 Å². The molecule has 88 valence electrons. The van der Waals surface area contributed by atoms with Gasteiger partial charge >= 0.3 is 0 Å². The third-order valence-corrected chi connectivity index (χ3v) is 2.68. The molecule has 3 nitrogen and oxygen atoms in total. The van der Waals surface area contributed by atoms with Crippen molar-refractivity contribution >= 4 is 0 Å². The summed E-state index contributed by atoms with van der Waals surface area (Å²) in [4.78, 5) is 17.9. The topological polar surface area (TPSA) is 45.8 Å². The number of halogens is 1. The first-order valence-corrected chi connectivity index (χ1v) is 5.33.